The van der Waals surface area contributed by atoms with Crippen LogP contribution in [-0.4, -0.2) is 56.0 Å². The molecular formula is C30H47N5O. The summed E-state index contributed by atoms with van der Waals surface area (Å²) in [5, 5.41) is 3.18. The molecule has 1 amide bonds. The molecular weight excluding hydrogens is 446 g/mol. The number of aryl methyl sites for hydroxylation is 1. The van der Waals surface area contributed by atoms with Gasteiger partial charge in [-0.05, 0) is 79.2 Å². The Bertz CT molecular complexity index is 999. The predicted molar refractivity (Wildman–Crippen MR) is 155 cm³/mol. The van der Waals surface area contributed by atoms with Crippen molar-refractivity contribution in [2.45, 2.75) is 85.6 Å². The number of allylic oxidation sites excluding steroid dienone is 1. The quantitative estimate of drug-likeness (QED) is 0.262. The molecule has 36 heavy (non-hydrogen) atoms. The number of aliphatic imine (C=N–C) groups is 2. The first-order chi connectivity index (χ1) is 17.1. The molecule has 1 aromatic rings. The van der Waals surface area contributed by atoms with Crippen molar-refractivity contribution >= 4 is 23.5 Å². The van der Waals surface area contributed by atoms with Crippen LogP contribution < -0.4 is 10.2 Å². The van der Waals surface area contributed by atoms with E-state index >= 15 is 0 Å². The Hall–Kier alpha value is -2.73. The lowest BCUT2D eigenvalue weighted by molar-refractivity contribution is -0.115. The number of rotatable bonds is 13. The molecule has 1 unspecified atom stereocenters. The zero-order chi connectivity index (χ0) is 26.8. The first kappa shape index (κ1) is 29.5. The highest BCUT2D eigenvalue weighted by molar-refractivity contribution is 6.38. The third-order valence-corrected chi connectivity index (χ3v) is 6.72. The van der Waals surface area contributed by atoms with Gasteiger partial charge in [-0.1, -0.05) is 51.0 Å². The summed E-state index contributed by atoms with van der Waals surface area (Å²) in [6.07, 6.45) is 6.85. The molecule has 0 aliphatic carbocycles. The van der Waals surface area contributed by atoms with Gasteiger partial charge in [0.2, 0.25) is 0 Å². The number of hydrogen-bond donors (Lipinski definition) is 1. The van der Waals surface area contributed by atoms with Gasteiger partial charge in [0, 0.05) is 30.4 Å². The van der Waals surface area contributed by atoms with Gasteiger partial charge >= 0.3 is 0 Å². The Morgan fingerprint density at radius 1 is 1.25 bits per heavy atom. The van der Waals surface area contributed by atoms with Crippen LogP contribution >= 0.6 is 0 Å². The minimum absolute atomic E-state index is 0.123. The van der Waals surface area contributed by atoms with Crippen molar-refractivity contribution in [3.63, 3.8) is 0 Å². The van der Waals surface area contributed by atoms with Crippen molar-refractivity contribution in [2.24, 2.45) is 9.98 Å². The van der Waals surface area contributed by atoms with E-state index in [-0.39, 0.29) is 11.9 Å². The summed E-state index contributed by atoms with van der Waals surface area (Å²) >= 11 is 0. The fourth-order valence-electron chi connectivity index (χ4n) is 4.81. The SMILES string of the molecule is C=C(/C(N=C(C)C(=O)NC(CCC)CCC)=C(/C)N=CC)N1CC(CCN(C)C)c2cc(C)ccc21. The lowest BCUT2D eigenvalue weighted by Gasteiger charge is -2.24. The molecule has 0 fully saturated rings. The summed E-state index contributed by atoms with van der Waals surface area (Å²) in [7, 11) is 4.23. The monoisotopic (exact) mass is 493 g/mol. The molecule has 1 heterocycles. The molecule has 1 N–H and O–H groups in total. The van der Waals surface area contributed by atoms with Crippen LogP contribution in [0.5, 0.6) is 0 Å². The van der Waals surface area contributed by atoms with Crippen LogP contribution in [0.15, 0.2) is 51.9 Å². The molecule has 0 radical (unpaired) electrons. The molecule has 2 rings (SSSR count). The Morgan fingerprint density at radius 3 is 2.50 bits per heavy atom. The fourth-order valence-corrected chi connectivity index (χ4v) is 4.81. The average molecular weight is 494 g/mol. The van der Waals surface area contributed by atoms with Crippen LogP contribution in [0.3, 0.4) is 0 Å². The minimum atomic E-state index is -0.123. The number of anilines is 1. The number of carbonyl (C=O) groups excluding carboxylic acids is 1. The molecule has 0 aromatic heterocycles. The largest absolute Gasteiger partial charge is 0.348 e. The van der Waals surface area contributed by atoms with Gasteiger partial charge in [-0.15, -0.1) is 0 Å². The minimum Gasteiger partial charge on any atom is -0.348 e. The molecule has 1 aliphatic heterocycles. The molecule has 198 valence electrons. The molecule has 0 spiro atoms. The van der Waals surface area contributed by atoms with Crippen LogP contribution in [0.1, 0.15) is 83.8 Å². The number of nitrogens with zero attached hydrogens (tertiary/aromatic N) is 4. The molecule has 1 aromatic carbocycles. The van der Waals surface area contributed by atoms with Gasteiger partial charge in [0.05, 0.1) is 11.4 Å². The molecule has 0 bridgehead atoms. The van der Waals surface area contributed by atoms with Crippen molar-refractivity contribution in [1.82, 2.24) is 10.2 Å². The summed E-state index contributed by atoms with van der Waals surface area (Å²) in [6, 6.07) is 6.81. The summed E-state index contributed by atoms with van der Waals surface area (Å²) in [6.45, 7) is 18.4. The molecule has 0 saturated heterocycles. The number of hydrogen-bond acceptors (Lipinski definition) is 5. The van der Waals surface area contributed by atoms with Crippen LogP contribution in [0.2, 0.25) is 0 Å². The maximum absolute atomic E-state index is 13.0. The molecule has 6 heteroatoms. The van der Waals surface area contributed by atoms with E-state index < -0.39 is 0 Å². The zero-order valence-electron chi connectivity index (χ0n) is 23.8. The number of amides is 1. The normalized spacial score (nSPS) is 16.7. The highest BCUT2D eigenvalue weighted by Gasteiger charge is 2.31. The second-order valence-electron chi connectivity index (χ2n) is 10.2. The van der Waals surface area contributed by atoms with Crippen LogP contribution in [-0.2, 0) is 4.79 Å². The third kappa shape index (κ3) is 7.89. The highest BCUT2D eigenvalue weighted by Crippen LogP contribution is 2.42. The van der Waals surface area contributed by atoms with Gasteiger partial charge < -0.3 is 15.1 Å². The lowest BCUT2D eigenvalue weighted by Crippen LogP contribution is -2.38. The van der Waals surface area contributed by atoms with Crippen LogP contribution in [0.25, 0.3) is 0 Å². The number of carbonyl (C=O) groups is 1. The van der Waals surface area contributed by atoms with Crippen molar-refractivity contribution in [3.8, 4) is 0 Å². The topological polar surface area (TPSA) is 60.3 Å². The highest BCUT2D eigenvalue weighted by atomic mass is 16.1. The molecule has 1 atom stereocenters. The van der Waals surface area contributed by atoms with Gasteiger partial charge in [-0.3, -0.25) is 9.79 Å². The number of nitrogens with one attached hydrogen (secondary N) is 1. The maximum atomic E-state index is 13.0. The van der Waals surface area contributed by atoms with E-state index in [1.54, 1.807) is 13.1 Å². The van der Waals surface area contributed by atoms with Gasteiger partial charge in [-0.25, -0.2) is 4.99 Å². The Labute approximate surface area is 219 Å². The standard InChI is InChI=1S/C30H47N5O/c1-10-13-26(14-11-2)33-30(36)23(6)32-29(22(5)31-12-3)24(7)35-20-25(17-18-34(8)9)27-19-21(4)15-16-28(27)35/h12,15-16,19,25-26H,7,10-11,13-14,17-18,20H2,1-6,8-9H3,(H,33,36)/b29-22+,31-12?,32-23?. The first-order valence-electron chi connectivity index (χ1n) is 13.4. The summed E-state index contributed by atoms with van der Waals surface area (Å²) < 4.78 is 0. The summed E-state index contributed by atoms with van der Waals surface area (Å²) in [5.74, 6) is 0.286. The Balaban J connectivity index is 2.40. The van der Waals surface area contributed by atoms with Gasteiger partial charge in [0.15, 0.2) is 0 Å². The number of fused-ring (bicyclic) bond motifs is 1. The van der Waals surface area contributed by atoms with E-state index in [9.17, 15) is 4.79 Å². The zero-order valence-corrected chi connectivity index (χ0v) is 23.8. The van der Waals surface area contributed by atoms with Crippen LogP contribution in [0, 0.1) is 6.92 Å². The predicted octanol–water partition coefficient (Wildman–Crippen LogP) is 6.23. The van der Waals surface area contributed by atoms with Gasteiger partial charge in [0.25, 0.3) is 5.91 Å². The van der Waals surface area contributed by atoms with Crippen LogP contribution in [0.4, 0.5) is 5.69 Å². The second-order valence-corrected chi connectivity index (χ2v) is 10.2. The molecule has 1 aliphatic rings. The van der Waals surface area contributed by atoms with E-state index in [0.717, 1.165) is 56.6 Å². The molecule has 6 nitrogen and oxygen atoms in total. The van der Waals surface area contributed by atoms with Crippen molar-refractivity contribution in [3.05, 3.63) is 53.0 Å². The van der Waals surface area contributed by atoms with E-state index in [1.165, 1.54) is 16.8 Å². The van der Waals surface area contributed by atoms with Gasteiger partial charge in [-0.2, -0.15) is 0 Å². The summed E-state index contributed by atoms with van der Waals surface area (Å²) in [4.78, 5) is 26.9. The maximum Gasteiger partial charge on any atom is 0.265 e. The van der Waals surface area contributed by atoms with E-state index in [2.05, 4.69) is 79.8 Å². The van der Waals surface area contributed by atoms with Gasteiger partial charge in [0.1, 0.15) is 11.4 Å². The Kier molecular flexibility index (Phi) is 11.6. The van der Waals surface area contributed by atoms with Crippen molar-refractivity contribution < 1.29 is 4.79 Å². The molecule has 0 saturated carbocycles. The first-order valence-corrected chi connectivity index (χ1v) is 13.4. The number of benzene rings is 1. The summed E-state index contributed by atoms with van der Waals surface area (Å²) in [5.41, 5.74) is 6.40. The van der Waals surface area contributed by atoms with E-state index in [1.807, 2.05) is 13.8 Å². The fraction of sp³-hybridized carbons (Fsp3) is 0.567. The van der Waals surface area contributed by atoms with E-state index in [0.29, 0.717) is 17.3 Å². The van der Waals surface area contributed by atoms with Crippen molar-refractivity contribution in [1.29, 1.82) is 0 Å². The second kappa shape index (κ2) is 14.1. The van der Waals surface area contributed by atoms with E-state index in [4.69, 9.17) is 4.99 Å². The average Bonchev–Trinajstić information content (AvgIpc) is 3.18. The smallest absolute Gasteiger partial charge is 0.265 e. The van der Waals surface area contributed by atoms with Crippen molar-refractivity contribution in [2.75, 3.05) is 32.1 Å². The lowest BCUT2D eigenvalue weighted by atomic mass is 9.96. The Morgan fingerprint density at radius 2 is 1.92 bits per heavy atom. The third-order valence-electron chi connectivity index (χ3n) is 6.72.